The molecule has 1 fully saturated rings. The Labute approximate surface area is 123 Å². The van der Waals surface area contributed by atoms with Gasteiger partial charge < -0.3 is 24.8 Å². The second-order valence-electron chi connectivity index (χ2n) is 5.80. The van der Waals surface area contributed by atoms with Crippen LogP contribution >= 0.6 is 0 Å². The maximum absolute atomic E-state index is 10.1. The number of hydrogen-bond acceptors (Lipinski definition) is 5. The molecule has 1 aliphatic rings. The lowest BCUT2D eigenvalue weighted by Gasteiger charge is -2.30. The maximum Gasteiger partial charge on any atom is 0.0900 e. The van der Waals surface area contributed by atoms with Crippen molar-refractivity contribution in [1.82, 2.24) is 10.2 Å². The normalized spacial score (nSPS) is 20.2. The molecule has 0 aromatic heterocycles. The van der Waals surface area contributed by atoms with Crippen molar-refractivity contribution in [2.75, 3.05) is 53.0 Å². The Morgan fingerprint density at radius 1 is 1.30 bits per heavy atom. The number of likely N-dealkylation sites (N-methyl/N-ethyl adjacent to an activating group) is 1. The number of piperidine rings is 1. The van der Waals surface area contributed by atoms with Crippen LogP contribution in [0, 0.1) is 5.92 Å². The van der Waals surface area contributed by atoms with Gasteiger partial charge in [-0.3, -0.25) is 0 Å². The van der Waals surface area contributed by atoms with Gasteiger partial charge in [0.1, 0.15) is 0 Å². The van der Waals surface area contributed by atoms with E-state index in [0.29, 0.717) is 19.8 Å². The number of rotatable bonds is 10. The fourth-order valence-corrected chi connectivity index (χ4v) is 2.67. The average molecular weight is 288 g/mol. The Balaban J connectivity index is 2.20. The van der Waals surface area contributed by atoms with Crippen molar-refractivity contribution in [3.05, 3.63) is 0 Å². The Hall–Kier alpha value is -0.200. The summed E-state index contributed by atoms with van der Waals surface area (Å²) in [6.07, 6.45) is 2.10. The van der Waals surface area contributed by atoms with Crippen LogP contribution in [0.15, 0.2) is 0 Å². The van der Waals surface area contributed by atoms with Gasteiger partial charge in [-0.15, -0.1) is 0 Å². The van der Waals surface area contributed by atoms with E-state index in [0.717, 1.165) is 32.1 Å². The molecule has 20 heavy (non-hydrogen) atoms. The van der Waals surface area contributed by atoms with Gasteiger partial charge >= 0.3 is 0 Å². The van der Waals surface area contributed by atoms with Crippen LogP contribution in [-0.4, -0.2) is 75.3 Å². The van der Waals surface area contributed by atoms with E-state index >= 15 is 0 Å². The summed E-state index contributed by atoms with van der Waals surface area (Å²) >= 11 is 0. The molecular weight excluding hydrogens is 256 g/mol. The van der Waals surface area contributed by atoms with Gasteiger partial charge in [0.05, 0.1) is 25.4 Å². The van der Waals surface area contributed by atoms with Crippen LogP contribution in [0.25, 0.3) is 0 Å². The first-order valence-electron chi connectivity index (χ1n) is 7.87. The molecule has 0 aromatic rings. The quantitative estimate of drug-likeness (QED) is 0.620. The summed E-state index contributed by atoms with van der Waals surface area (Å²) in [5, 5.41) is 13.5. The van der Waals surface area contributed by atoms with Gasteiger partial charge in [-0.25, -0.2) is 0 Å². The molecule has 1 rings (SSSR count). The van der Waals surface area contributed by atoms with Crippen molar-refractivity contribution in [3.8, 4) is 0 Å². The summed E-state index contributed by atoms with van der Waals surface area (Å²) in [5.74, 6) is 0.761. The summed E-state index contributed by atoms with van der Waals surface area (Å²) < 4.78 is 10.6. The summed E-state index contributed by atoms with van der Waals surface area (Å²) in [6, 6.07) is 0. The maximum atomic E-state index is 10.1. The standard InChI is InChI=1S/C15H32N2O3/c1-4-17(9-14-5-7-16-8-6-14)10-15(18)12-20-13(2)11-19-3/h13-16,18H,4-12H2,1-3H3. The van der Waals surface area contributed by atoms with Gasteiger partial charge in [0.15, 0.2) is 0 Å². The first-order chi connectivity index (χ1) is 9.65. The minimum Gasteiger partial charge on any atom is -0.389 e. The highest BCUT2D eigenvalue weighted by atomic mass is 16.5. The molecule has 2 N–H and O–H groups in total. The van der Waals surface area contributed by atoms with E-state index in [-0.39, 0.29) is 6.10 Å². The molecule has 0 bridgehead atoms. The zero-order chi connectivity index (χ0) is 14.8. The highest BCUT2D eigenvalue weighted by Crippen LogP contribution is 2.13. The number of hydrogen-bond donors (Lipinski definition) is 2. The monoisotopic (exact) mass is 288 g/mol. The lowest BCUT2D eigenvalue weighted by molar-refractivity contribution is -0.0404. The fraction of sp³-hybridized carbons (Fsp3) is 1.00. The minimum absolute atomic E-state index is 0.0362. The Morgan fingerprint density at radius 2 is 2.00 bits per heavy atom. The zero-order valence-electron chi connectivity index (χ0n) is 13.3. The number of aliphatic hydroxyl groups is 1. The molecule has 2 unspecified atom stereocenters. The smallest absolute Gasteiger partial charge is 0.0900 e. The van der Waals surface area contributed by atoms with Crippen LogP contribution in [0.3, 0.4) is 0 Å². The number of nitrogens with zero attached hydrogens (tertiary/aromatic N) is 1. The van der Waals surface area contributed by atoms with Crippen molar-refractivity contribution in [1.29, 1.82) is 0 Å². The lowest BCUT2D eigenvalue weighted by Crippen LogP contribution is -2.41. The number of nitrogens with one attached hydrogen (secondary N) is 1. The van der Waals surface area contributed by atoms with Gasteiger partial charge in [0, 0.05) is 20.2 Å². The second kappa shape index (κ2) is 10.5. The Kier molecular flexibility index (Phi) is 9.39. The number of methoxy groups -OCH3 is 1. The number of aliphatic hydroxyl groups excluding tert-OH is 1. The summed E-state index contributed by atoms with van der Waals surface area (Å²) in [4.78, 5) is 2.34. The van der Waals surface area contributed by atoms with Crippen molar-refractivity contribution in [2.45, 2.75) is 38.9 Å². The molecule has 1 saturated heterocycles. The van der Waals surface area contributed by atoms with E-state index in [4.69, 9.17) is 9.47 Å². The largest absolute Gasteiger partial charge is 0.389 e. The molecule has 5 heteroatoms. The molecule has 0 aliphatic carbocycles. The van der Waals surface area contributed by atoms with Gasteiger partial charge in [0.2, 0.25) is 0 Å². The van der Waals surface area contributed by atoms with E-state index in [1.807, 2.05) is 6.92 Å². The number of ether oxygens (including phenoxy) is 2. The molecule has 0 spiro atoms. The van der Waals surface area contributed by atoms with Crippen LogP contribution in [0.4, 0.5) is 0 Å². The zero-order valence-corrected chi connectivity index (χ0v) is 13.3. The SMILES string of the molecule is CCN(CC(O)COC(C)COC)CC1CCNCC1. The molecule has 1 aliphatic heterocycles. The van der Waals surface area contributed by atoms with Crippen LogP contribution in [0.1, 0.15) is 26.7 Å². The van der Waals surface area contributed by atoms with Crippen LogP contribution in [0.2, 0.25) is 0 Å². The van der Waals surface area contributed by atoms with E-state index in [1.54, 1.807) is 7.11 Å². The highest BCUT2D eigenvalue weighted by molar-refractivity contribution is 4.73. The third-order valence-corrected chi connectivity index (χ3v) is 3.87. The Morgan fingerprint density at radius 3 is 2.60 bits per heavy atom. The lowest BCUT2D eigenvalue weighted by atomic mass is 9.97. The predicted molar refractivity (Wildman–Crippen MR) is 81.0 cm³/mol. The first kappa shape index (κ1) is 17.9. The third kappa shape index (κ3) is 7.55. The topological polar surface area (TPSA) is 54.0 Å². The second-order valence-corrected chi connectivity index (χ2v) is 5.80. The molecule has 0 radical (unpaired) electrons. The van der Waals surface area contributed by atoms with E-state index in [2.05, 4.69) is 17.1 Å². The molecule has 2 atom stereocenters. The molecule has 5 nitrogen and oxygen atoms in total. The molecular formula is C15H32N2O3. The van der Waals surface area contributed by atoms with Gasteiger partial charge in [0.25, 0.3) is 0 Å². The fourth-order valence-electron chi connectivity index (χ4n) is 2.67. The highest BCUT2D eigenvalue weighted by Gasteiger charge is 2.18. The first-order valence-corrected chi connectivity index (χ1v) is 7.87. The van der Waals surface area contributed by atoms with Crippen LogP contribution in [-0.2, 0) is 9.47 Å². The van der Waals surface area contributed by atoms with Crippen molar-refractivity contribution in [3.63, 3.8) is 0 Å². The Bertz CT molecular complexity index is 235. The molecule has 120 valence electrons. The van der Waals surface area contributed by atoms with Crippen LogP contribution in [0.5, 0.6) is 0 Å². The molecule has 1 heterocycles. The van der Waals surface area contributed by atoms with Gasteiger partial charge in [-0.05, 0) is 45.3 Å². The van der Waals surface area contributed by atoms with E-state index < -0.39 is 6.10 Å². The summed E-state index contributed by atoms with van der Waals surface area (Å²) in [7, 11) is 1.66. The predicted octanol–water partition coefficient (Wildman–Crippen LogP) is 0.720. The van der Waals surface area contributed by atoms with Crippen LogP contribution < -0.4 is 5.32 Å². The molecule has 0 saturated carbocycles. The van der Waals surface area contributed by atoms with Gasteiger partial charge in [-0.2, -0.15) is 0 Å². The summed E-state index contributed by atoms with van der Waals surface area (Å²) in [5.41, 5.74) is 0. The van der Waals surface area contributed by atoms with Crippen molar-refractivity contribution in [2.24, 2.45) is 5.92 Å². The third-order valence-electron chi connectivity index (χ3n) is 3.87. The van der Waals surface area contributed by atoms with E-state index in [9.17, 15) is 5.11 Å². The van der Waals surface area contributed by atoms with Crippen molar-refractivity contribution >= 4 is 0 Å². The van der Waals surface area contributed by atoms with Gasteiger partial charge in [-0.1, -0.05) is 6.92 Å². The molecule has 0 amide bonds. The average Bonchev–Trinajstić information content (AvgIpc) is 2.46. The minimum atomic E-state index is -0.420. The molecule has 0 aromatic carbocycles. The van der Waals surface area contributed by atoms with E-state index in [1.165, 1.54) is 12.8 Å². The van der Waals surface area contributed by atoms with Crippen molar-refractivity contribution < 1.29 is 14.6 Å². The summed E-state index contributed by atoms with van der Waals surface area (Å²) in [6.45, 7) is 10.1.